The van der Waals surface area contributed by atoms with Crippen molar-refractivity contribution in [1.82, 2.24) is 10.6 Å². The summed E-state index contributed by atoms with van der Waals surface area (Å²) in [6, 6.07) is 3.12. The van der Waals surface area contributed by atoms with Crippen molar-refractivity contribution in [2.24, 2.45) is 0 Å². The Hall–Kier alpha value is -2.11. The Morgan fingerprint density at radius 1 is 1.25 bits per heavy atom. The molecule has 0 unspecified atom stereocenters. The van der Waals surface area contributed by atoms with E-state index in [1.165, 1.54) is 20.2 Å². The molecular formula is C14H17FN2O3. The number of carbonyl (C=O) groups is 2. The molecule has 0 radical (unpaired) electrons. The van der Waals surface area contributed by atoms with Crippen LogP contribution >= 0.6 is 0 Å². The van der Waals surface area contributed by atoms with Crippen LogP contribution in [0.25, 0.3) is 0 Å². The van der Waals surface area contributed by atoms with Gasteiger partial charge in [-0.05, 0) is 12.1 Å². The highest BCUT2D eigenvalue weighted by Crippen LogP contribution is 2.41. The number of benzene rings is 1. The fourth-order valence-electron chi connectivity index (χ4n) is 2.32. The molecule has 1 heterocycles. The van der Waals surface area contributed by atoms with Gasteiger partial charge in [0, 0.05) is 31.1 Å². The Bertz CT molecular complexity index is 560. The van der Waals surface area contributed by atoms with E-state index < -0.39 is 12.8 Å². The molecule has 1 aliphatic rings. The Balaban J connectivity index is 2.58. The molecule has 0 bridgehead atoms. The third-order valence-electron chi connectivity index (χ3n) is 3.55. The molecule has 2 atom stereocenters. The Morgan fingerprint density at radius 2 is 1.90 bits per heavy atom. The zero-order valence-electron chi connectivity index (χ0n) is 11.6. The number of nitrogens with one attached hydrogen (secondary N) is 2. The van der Waals surface area contributed by atoms with E-state index in [-0.39, 0.29) is 23.3 Å². The summed E-state index contributed by atoms with van der Waals surface area (Å²) >= 11 is 0. The van der Waals surface area contributed by atoms with Crippen LogP contribution in [0.2, 0.25) is 0 Å². The second-order valence-electron chi connectivity index (χ2n) is 4.70. The molecule has 1 aromatic carbocycles. The van der Waals surface area contributed by atoms with Crippen LogP contribution in [-0.4, -0.2) is 38.7 Å². The van der Waals surface area contributed by atoms with Gasteiger partial charge >= 0.3 is 0 Å². The van der Waals surface area contributed by atoms with E-state index in [9.17, 15) is 14.0 Å². The van der Waals surface area contributed by atoms with Crippen molar-refractivity contribution >= 4 is 11.8 Å². The van der Waals surface area contributed by atoms with Gasteiger partial charge in [0.2, 0.25) is 0 Å². The van der Waals surface area contributed by atoms with Crippen LogP contribution in [0.5, 0.6) is 5.75 Å². The average molecular weight is 280 g/mol. The zero-order valence-corrected chi connectivity index (χ0v) is 11.6. The van der Waals surface area contributed by atoms with E-state index in [1.54, 1.807) is 6.07 Å². The summed E-state index contributed by atoms with van der Waals surface area (Å²) in [6.45, 7) is 1.18. The fraction of sp³-hybridized carbons (Fsp3) is 0.429. The molecule has 0 fully saturated rings. The first-order valence-electron chi connectivity index (χ1n) is 6.38. The SMILES string of the molecule is CNC(=O)c1cc(C(=O)NC)c2c(c1)[C@H](C)[C@@H](CF)O2. The first kappa shape index (κ1) is 14.3. The molecule has 1 aromatic rings. The quantitative estimate of drug-likeness (QED) is 0.875. The summed E-state index contributed by atoms with van der Waals surface area (Å²) in [6.07, 6.45) is -0.617. The number of halogens is 1. The van der Waals surface area contributed by atoms with Crippen molar-refractivity contribution in [3.8, 4) is 5.75 Å². The van der Waals surface area contributed by atoms with Gasteiger partial charge in [-0.1, -0.05) is 6.92 Å². The summed E-state index contributed by atoms with van der Waals surface area (Å²) in [4.78, 5) is 23.7. The van der Waals surface area contributed by atoms with Crippen LogP contribution in [-0.2, 0) is 0 Å². The molecule has 0 spiro atoms. The number of amides is 2. The maximum absolute atomic E-state index is 12.9. The maximum Gasteiger partial charge on any atom is 0.254 e. The highest BCUT2D eigenvalue weighted by Gasteiger charge is 2.35. The Kier molecular flexibility index (Phi) is 3.92. The van der Waals surface area contributed by atoms with Crippen LogP contribution in [0.4, 0.5) is 4.39 Å². The summed E-state index contributed by atoms with van der Waals surface area (Å²) in [7, 11) is 3.01. The van der Waals surface area contributed by atoms with Gasteiger partial charge in [0.05, 0.1) is 5.56 Å². The molecule has 0 saturated carbocycles. The van der Waals surface area contributed by atoms with Crippen LogP contribution < -0.4 is 15.4 Å². The van der Waals surface area contributed by atoms with Crippen molar-refractivity contribution in [2.75, 3.05) is 20.8 Å². The number of fused-ring (bicyclic) bond motifs is 1. The number of ether oxygens (including phenoxy) is 1. The average Bonchev–Trinajstić information content (AvgIpc) is 2.81. The number of carbonyl (C=O) groups excluding carboxylic acids is 2. The van der Waals surface area contributed by atoms with E-state index in [0.717, 1.165) is 0 Å². The number of hydrogen-bond donors (Lipinski definition) is 2. The monoisotopic (exact) mass is 280 g/mol. The molecule has 5 nitrogen and oxygen atoms in total. The highest BCUT2D eigenvalue weighted by atomic mass is 19.1. The van der Waals surface area contributed by atoms with Gasteiger partial charge in [-0.2, -0.15) is 0 Å². The second kappa shape index (κ2) is 5.48. The highest BCUT2D eigenvalue weighted by molar-refractivity contribution is 6.02. The first-order chi connectivity index (χ1) is 9.53. The minimum Gasteiger partial charge on any atom is -0.486 e. The summed E-state index contributed by atoms with van der Waals surface area (Å²) in [5.41, 5.74) is 1.30. The van der Waals surface area contributed by atoms with E-state index in [4.69, 9.17) is 4.74 Å². The van der Waals surface area contributed by atoms with Gasteiger partial charge in [0.25, 0.3) is 11.8 Å². The van der Waals surface area contributed by atoms with Crippen LogP contribution in [0.3, 0.4) is 0 Å². The predicted molar refractivity (Wildman–Crippen MR) is 72.0 cm³/mol. The lowest BCUT2D eigenvalue weighted by Crippen LogP contribution is -2.22. The number of hydrogen-bond acceptors (Lipinski definition) is 3. The standard InChI is InChI=1S/C14H17FN2O3/c1-7-9-4-8(13(18)16-2)5-10(14(19)17-3)12(9)20-11(7)6-15/h4-5,7,11H,6H2,1-3H3,(H,16,18)(H,17,19)/t7-,11+/m0/s1. The molecule has 2 amide bonds. The van der Waals surface area contributed by atoms with E-state index >= 15 is 0 Å². The molecule has 0 saturated heterocycles. The molecule has 1 aliphatic heterocycles. The van der Waals surface area contributed by atoms with Gasteiger partial charge in [-0.3, -0.25) is 9.59 Å². The lowest BCUT2D eigenvalue weighted by atomic mass is 9.94. The summed E-state index contributed by atoms with van der Waals surface area (Å²) in [5.74, 6) is -0.497. The van der Waals surface area contributed by atoms with E-state index in [1.807, 2.05) is 6.92 Å². The van der Waals surface area contributed by atoms with Crippen molar-refractivity contribution in [3.05, 3.63) is 28.8 Å². The van der Waals surface area contributed by atoms with Crippen LogP contribution in [0.1, 0.15) is 39.1 Å². The van der Waals surface area contributed by atoms with E-state index in [0.29, 0.717) is 16.9 Å². The summed E-state index contributed by atoms with van der Waals surface area (Å²) < 4.78 is 18.5. The topological polar surface area (TPSA) is 67.4 Å². The van der Waals surface area contributed by atoms with Crippen LogP contribution in [0, 0.1) is 0 Å². The molecule has 6 heteroatoms. The minimum atomic E-state index is -0.641. The van der Waals surface area contributed by atoms with Crippen molar-refractivity contribution in [2.45, 2.75) is 18.9 Å². The van der Waals surface area contributed by atoms with Crippen LogP contribution in [0.15, 0.2) is 12.1 Å². The second-order valence-corrected chi connectivity index (χ2v) is 4.70. The molecule has 2 N–H and O–H groups in total. The Morgan fingerprint density at radius 3 is 2.45 bits per heavy atom. The van der Waals surface area contributed by atoms with Gasteiger partial charge in [-0.25, -0.2) is 4.39 Å². The smallest absolute Gasteiger partial charge is 0.254 e. The minimum absolute atomic E-state index is 0.206. The lowest BCUT2D eigenvalue weighted by Gasteiger charge is -2.10. The third-order valence-corrected chi connectivity index (χ3v) is 3.55. The van der Waals surface area contributed by atoms with Crippen molar-refractivity contribution < 1.29 is 18.7 Å². The fourth-order valence-corrected chi connectivity index (χ4v) is 2.32. The molecular weight excluding hydrogens is 263 g/mol. The zero-order chi connectivity index (χ0) is 14.9. The van der Waals surface area contributed by atoms with Gasteiger partial charge < -0.3 is 15.4 Å². The van der Waals surface area contributed by atoms with Gasteiger partial charge in [0.15, 0.2) is 0 Å². The normalized spacial score (nSPS) is 20.0. The lowest BCUT2D eigenvalue weighted by molar-refractivity contribution is 0.0955. The molecule has 108 valence electrons. The third kappa shape index (κ3) is 2.21. The van der Waals surface area contributed by atoms with Gasteiger partial charge in [-0.15, -0.1) is 0 Å². The Labute approximate surface area is 116 Å². The largest absolute Gasteiger partial charge is 0.486 e. The summed E-state index contributed by atoms with van der Waals surface area (Å²) in [5, 5.41) is 5.01. The van der Waals surface area contributed by atoms with E-state index in [2.05, 4.69) is 10.6 Å². The number of alkyl halides is 1. The molecule has 0 aliphatic carbocycles. The molecule has 20 heavy (non-hydrogen) atoms. The van der Waals surface area contributed by atoms with Crippen molar-refractivity contribution in [1.29, 1.82) is 0 Å². The maximum atomic E-state index is 12.9. The molecule has 0 aromatic heterocycles. The number of rotatable bonds is 3. The molecule has 2 rings (SSSR count). The van der Waals surface area contributed by atoms with Crippen molar-refractivity contribution in [3.63, 3.8) is 0 Å². The first-order valence-corrected chi connectivity index (χ1v) is 6.38. The predicted octanol–water partition coefficient (Wildman–Crippen LogP) is 1.24. The van der Waals surface area contributed by atoms with Gasteiger partial charge in [0.1, 0.15) is 18.5 Å².